The van der Waals surface area contributed by atoms with Gasteiger partial charge >= 0.3 is 5.88 Å². The van der Waals surface area contributed by atoms with Crippen LogP contribution in [-0.4, -0.2) is 58.4 Å². The third-order valence-corrected chi connectivity index (χ3v) is 12.5. The first-order valence-electron chi connectivity index (χ1n) is 21.7. The fraction of sp³-hybridized carbons (Fsp3) is 0.340. The molecule has 0 bridgehead atoms. The number of nitrogens with two attached hydrogens (primary N) is 1. The number of unbranched alkanes of at least 4 members (excludes halogenated alkanes) is 2. The van der Waals surface area contributed by atoms with Gasteiger partial charge in [0, 0.05) is 49.7 Å². The van der Waals surface area contributed by atoms with Crippen molar-refractivity contribution in [3.63, 3.8) is 0 Å². The van der Waals surface area contributed by atoms with Gasteiger partial charge in [-0.05, 0) is 127 Å². The largest absolute Gasteiger partial charge is 0.494 e. The lowest BCUT2D eigenvalue weighted by atomic mass is 9.89. The molecule has 3 aliphatic heterocycles. The molecule has 4 heterocycles. The Kier molecular flexibility index (Phi) is 11.6. The minimum atomic E-state index is -0.999. The summed E-state index contributed by atoms with van der Waals surface area (Å²) in [5.41, 5.74) is 15.3. The van der Waals surface area contributed by atoms with Gasteiger partial charge in [-0.1, -0.05) is 43.2 Å². The molecular weight excluding hydrogens is 783 g/mol. The van der Waals surface area contributed by atoms with Crippen molar-refractivity contribution in [2.24, 2.45) is 0 Å². The van der Waals surface area contributed by atoms with Gasteiger partial charge in [0.15, 0.2) is 0 Å². The minimum absolute atomic E-state index is 0.0739. The second-order valence-corrected chi connectivity index (χ2v) is 16.8. The number of hydrogen-bond donors (Lipinski definition) is 3. The van der Waals surface area contributed by atoms with E-state index in [9.17, 15) is 19.2 Å². The summed E-state index contributed by atoms with van der Waals surface area (Å²) in [6, 6.07) is 12.8. The van der Waals surface area contributed by atoms with E-state index in [1.165, 1.54) is 39.0 Å². The zero-order valence-electron chi connectivity index (χ0n) is 35.0. The van der Waals surface area contributed by atoms with Gasteiger partial charge in [0.1, 0.15) is 35.5 Å². The monoisotopic (exact) mass is 832 g/mol. The van der Waals surface area contributed by atoms with E-state index in [1.807, 2.05) is 30.0 Å². The Labute approximate surface area is 361 Å². The van der Waals surface area contributed by atoms with E-state index in [0.29, 0.717) is 24.7 Å². The summed E-state index contributed by atoms with van der Waals surface area (Å²) in [5.74, 6) is 6.90. The van der Waals surface area contributed by atoms with Crippen LogP contribution in [0, 0.1) is 11.8 Å². The van der Waals surface area contributed by atoms with Crippen LogP contribution in [-0.2, 0) is 25.5 Å². The molecule has 4 N–H and O–H groups in total. The highest BCUT2D eigenvalue weighted by Gasteiger charge is 2.44. The number of nitrogens with one attached hydrogen (secondary N) is 2. The predicted molar refractivity (Wildman–Crippen MR) is 231 cm³/mol. The average molecular weight is 833 g/mol. The number of amides is 4. The van der Waals surface area contributed by atoms with Crippen LogP contribution in [0.4, 0.5) is 0 Å². The summed E-state index contributed by atoms with van der Waals surface area (Å²) in [7, 11) is 0. The quantitative estimate of drug-likeness (QED) is 0.0858. The lowest BCUT2D eigenvalue weighted by molar-refractivity contribution is -0.685. The lowest BCUT2D eigenvalue weighted by Crippen LogP contribution is -2.92. The molecule has 0 radical (unpaired) electrons. The van der Waals surface area contributed by atoms with Crippen LogP contribution in [0.15, 0.2) is 108 Å². The fourth-order valence-electron chi connectivity index (χ4n) is 8.75. The molecule has 2 fully saturated rings. The Bertz CT molecular complexity index is 2570. The number of imide groups is 2. The zero-order chi connectivity index (χ0) is 42.7. The van der Waals surface area contributed by atoms with Crippen molar-refractivity contribution in [2.45, 2.75) is 102 Å². The second kappa shape index (κ2) is 17.7. The van der Waals surface area contributed by atoms with E-state index >= 15 is 0 Å². The molecule has 3 aliphatic carbocycles. The van der Waals surface area contributed by atoms with Gasteiger partial charge in [0.2, 0.25) is 11.8 Å². The highest BCUT2D eigenvalue weighted by atomic mass is 16.5. The van der Waals surface area contributed by atoms with Crippen molar-refractivity contribution in [1.82, 2.24) is 20.6 Å². The molecular formula is C50H50N5O7+. The number of pyridine rings is 1. The maximum Gasteiger partial charge on any atom is 0.313 e. The molecule has 1 saturated carbocycles. The van der Waals surface area contributed by atoms with Crippen LogP contribution in [0.5, 0.6) is 5.75 Å². The van der Waals surface area contributed by atoms with Gasteiger partial charge in [0.25, 0.3) is 11.8 Å². The maximum absolute atomic E-state index is 13.1. The highest BCUT2D eigenvalue weighted by Crippen LogP contribution is 2.40. The molecule has 9 rings (SSSR count). The molecule has 3 aromatic rings. The number of allylic oxidation sites excluding steroid dienone is 8. The van der Waals surface area contributed by atoms with Crippen LogP contribution in [0.2, 0.25) is 0 Å². The second-order valence-electron chi connectivity index (χ2n) is 16.8. The SMILES string of the molecule is CC1=C(OC2CC(OC3=CC=C(C#CCCCCOc4ccc5c(c4)C(=O)N(C4CCC(=O)NC4=O)C5=O)N[NH2+]3)C2)C=CC(c2ccc3c(c2)C(C)CCc2ccncc2-3)=CC1. The Balaban J connectivity index is 0.689. The molecule has 0 spiro atoms. The molecule has 62 heavy (non-hydrogen) atoms. The molecule has 316 valence electrons. The standard InChI is InChI=1S/C50H49N5O7/c1-30-8-11-33-22-23-51-29-43(33)39-16-12-34(25-41(30)39)32-10-9-31(2)45(19-13-32)61-37-26-38(27-37)62-47-21-14-35(53-54-47)7-5-3-4-6-24-60-36-15-17-40-42(28-36)50(59)55(49(40)58)44-18-20-46(56)52-48(44)57/h10,12-17,19,21-23,25,28-30,37-38,44,53-54H,3-4,6,8-9,11,18,20,24,26-27H2,1-2H3,(H,52,56,57)/p+1. The van der Waals surface area contributed by atoms with Crippen LogP contribution in [0.3, 0.4) is 0 Å². The zero-order valence-corrected chi connectivity index (χ0v) is 35.0. The molecule has 6 aliphatic rings. The van der Waals surface area contributed by atoms with Crippen molar-refractivity contribution in [2.75, 3.05) is 6.61 Å². The smallest absolute Gasteiger partial charge is 0.313 e. The summed E-state index contributed by atoms with van der Waals surface area (Å²) < 4.78 is 18.6. The van der Waals surface area contributed by atoms with Gasteiger partial charge in [-0.2, -0.15) is 5.43 Å². The number of benzene rings is 2. The number of piperidine rings is 1. The van der Waals surface area contributed by atoms with Crippen molar-refractivity contribution in [3.8, 4) is 28.7 Å². The highest BCUT2D eigenvalue weighted by molar-refractivity contribution is 6.23. The Morgan fingerprint density at radius 3 is 2.56 bits per heavy atom. The maximum atomic E-state index is 13.1. The summed E-state index contributed by atoms with van der Waals surface area (Å²) >= 11 is 0. The number of carbonyl (C=O) groups excluding carboxylic acids is 4. The normalized spacial score (nSPS) is 22.8. The first-order valence-corrected chi connectivity index (χ1v) is 21.7. The molecule has 12 heteroatoms. The van der Waals surface area contributed by atoms with E-state index in [-0.39, 0.29) is 36.2 Å². The topological polar surface area (TPSA) is 153 Å². The van der Waals surface area contributed by atoms with Crippen molar-refractivity contribution < 1.29 is 38.8 Å². The van der Waals surface area contributed by atoms with Crippen molar-refractivity contribution in [1.29, 1.82) is 0 Å². The number of nitrogens with zero attached hydrogens (tertiary/aromatic N) is 2. The third kappa shape index (κ3) is 8.58. The Morgan fingerprint density at radius 2 is 1.73 bits per heavy atom. The Morgan fingerprint density at radius 1 is 0.887 bits per heavy atom. The summed E-state index contributed by atoms with van der Waals surface area (Å²) in [4.78, 5) is 55.2. The number of fused-ring (bicyclic) bond motifs is 4. The van der Waals surface area contributed by atoms with Gasteiger partial charge in [0.05, 0.1) is 17.7 Å². The molecule has 2 unspecified atom stereocenters. The number of rotatable bonds is 11. The van der Waals surface area contributed by atoms with Crippen LogP contribution in [0.25, 0.3) is 16.7 Å². The van der Waals surface area contributed by atoms with E-state index < -0.39 is 29.7 Å². The van der Waals surface area contributed by atoms with Crippen LogP contribution < -0.4 is 20.9 Å². The van der Waals surface area contributed by atoms with Gasteiger partial charge in [-0.25, -0.2) is 5.43 Å². The van der Waals surface area contributed by atoms with Gasteiger partial charge in [-0.3, -0.25) is 34.4 Å². The fourth-order valence-corrected chi connectivity index (χ4v) is 8.75. The van der Waals surface area contributed by atoms with E-state index in [4.69, 9.17) is 14.2 Å². The van der Waals surface area contributed by atoms with Crippen LogP contribution >= 0.6 is 0 Å². The van der Waals surface area contributed by atoms with Crippen molar-refractivity contribution >= 4 is 29.2 Å². The molecule has 4 amide bonds. The average Bonchev–Trinajstić information content (AvgIpc) is 3.37. The molecule has 12 nitrogen and oxygen atoms in total. The van der Waals surface area contributed by atoms with Crippen molar-refractivity contribution in [3.05, 3.63) is 136 Å². The number of ether oxygens (including phenoxy) is 3. The molecule has 2 aromatic carbocycles. The molecule has 2 atom stereocenters. The van der Waals surface area contributed by atoms with Gasteiger partial charge < -0.3 is 14.2 Å². The molecule has 1 aromatic heterocycles. The minimum Gasteiger partial charge on any atom is -0.494 e. The number of hydrogen-bond acceptors (Lipinski definition) is 9. The number of carbonyl (C=O) groups is 4. The Hall–Kier alpha value is -6.71. The summed E-state index contributed by atoms with van der Waals surface area (Å²) in [5, 5.41) is 2.21. The third-order valence-electron chi connectivity index (χ3n) is 12.5. The first-order chi connectivity index (χ1) is 30.2. The predicted octanol–water partition coefficient (Wildman–Crippen LogP) is 6.44. The number of aromatic nitrogens is 1. The number of aryl methyl sites for hydroxylation is 1. The van der Waals surface area contributed by atoms with E-state index in [1.54, 1.807) is 18.2 Å². The van der Waals surface area contributed by atoms with Gasteiger partial charge in [-0.15, -0.1) is 0 Å². The van der Waals surface area contributed by atoms with E-state index in [0.717, 1.165) is 67.2 Å². The number of quaternary nitrogens is 1. The summed E-state index contributed by atoms with van der Waals surface area (Å²) in [6.07, 6.45) is 21.7. The molecule has 1 saturated heterocycles. The first kappa shape index (κ1) is 40.7. The van der Waals surface area contributed by atoms with E-state index in [2.05, 4.69) is 83.9 Å². The van der Waals surface area contributed by atoms with Crippen LogP contribution in [0.1, 0.15) is 115 Å². The lowest BCUT2D eigenvalue weighted by Gasteiger charge is -2.35. The summed E-state index contributed by atoms with van der Waals surface area (Å²) in [6.45, 7) is 4.90.